The molecule has 3 atom stereocenters. The van der Waals surface area contributed by atoms with Crippen molar-refractivity contribution in [3.8, 4) is 29.0 Å². The molecule has 3 N–H and O–H groups in total. The number of nitrogen functional groups attached to an aromatic ring is 1. The molecule has 0 amide bonds. The maximum absolute atomic E-state index is 17.1. The highest BCUT2D eigenvalue weighted by atomic mass is 35.5. The molecule has 5 heterocycles. The lowest BCUT2D eigenvalue weighted by atomic mass is 9.95. The third-order valence-electron chi connectivity index (χ3n) is 9.38. The molecule has 0 aliphatic carbocycles. The van der Waals surface area contributed by atoms with Gasteiger partial charge in [0.2, 0.25) is 0 Å². The number of nitrogens with two attached hydrogens (primary N) is 1. The number of nitriles is 1. The van der Waals surface area contributed by atoms with Crippen LogP contribution in [0.25, 0.3) is 32.1 Å². The summed E-state index contributed by atoms with van der Waals surface area (Å²) in [6, 6.07) is 2.79. The Morgan fingerprint density at radius 2 is 2.12 bits per heavy atom. The van der Waals surface area contributed by atoms with Crippen LogP contribution in [0.3, 0.4) is 0 Å². The van der Waals surface area contributed by atoms with Gasteiger partial charge in [0.15, 0.2) is 11.6 Å². The van der Waals surface area contributed by atoms with Gasteiger partial charge in [-0.1, -0.05) is 22.8 Å². The average Bonchev–Trinajstić information content (AvgIpc) is 3.66. The summed E-state index contributed by atoms with van der Waals surface area (Å²) in [5, 5.41) is 22.3. The zero-order valence-corrected chi connectivity index (χ0v) is 26.8. The number of aromatic nitrogens is 2. The van der Waals surface area contributed by atoms with E-state index in [1.807, 2.05) is 11.0 Å². The molecular weight excluding hydrogens is 681 g/mol. The van der Waals surface area contributed by atoms with E-state index in [0.29, 0.717) is 13.0 Å². The van der Waals surface area contributed by atoms with Crippen molar-refractivity contribution in [3.05, 3.63) is 34.4 Å². The van der Waals surface area contributed by atoms with E-state index in [-0.39, 0.29) is 91.7 Å². The van der Waals surface area contributed by atoms with Crippen LogP contribution in [0.1, 0.15) is 31.7 Å². The van der Waals surface area contributed by atoms with Gasteiger partial charge in [-0.15, -0.1) is 11.3 Å². The van der Waals surface area contributed by atoms with Crippen LogP contribution in [0, 0.1) is 23.0 Å². The van der Waals surface area contributed by atoms with E-state index in [4.69, 9.17) is 26.8 Å². The van der Waals surface area contributed by atoms with Crippen LogP contribution < -0.4 is 20.1 Å². The highest BCUT2D eigenvalue weighted by molar-refractivity contribution is 7.23. The number of fused-ring (bicyclic) bond motifs is 2. The molecule has 2 fully saturated rings. The van der Waals surface area contributed by atoms with Gasteiger partial charge in [-0.2, -0.15) is 15.2 Å². The summed E-state index contributed by atoms with van der Waals surface area (Å²) in [7, 11) is 0. The Labute approximate surface area is 279 Å². The molecule has 17 heteroatoms. The monoisotopic (exact) mass is 707 g/mol. The summed E-state index contributed by atoms with van der Waals surface area (Å²) in [6.45, 7) is 0.978. The van der Waals surface area contributed by atoms with Crippen LogP contribution in [0.15, 0.2) is 17.3 Å². The van der Waals surface area contributed by atoms with E-state index >= 15 is 4.39 Å². The number of anilines is 2. The Kier molecular flexibility index (Phi) is 8.12. The maximum Gasteiger partial charge on any atom is 0.319 e. The molecule has 7 rings (SSSR count). The fraction of sp³-hybridized carbons (Fsp3) is 0.419. The number of nitrogens with zero attached hydrogens (tertiary/aromatic N) is 6. The smallest absolute Gasteiger partial charge is 0.319 e. The molecule has 252 valence electrons. The Balaban J connectivity index is 1.49. The number of rotatable bonds is 7. The zero-order chi connectivity index (χ0) is 34.1. The highest BCUT2D eigenvalue weighted by Crippen LogP contribution is 2.51. The second-order valence-corrected chi connectivity index (χ2v) is 13.5. The van der Waals surface area contributed by atoms with Gasteiger partial charge in [0.05, 0.1) is 38.5 Å². The van der Waals surface area contributed by atoms with Gasteiger partial charge in [-0.05, 0) is 37.9 Å². The zero-order valence-electron chi connectivity index (χ0n) is 25.2. The van der Waals surface area contributed by atoms with Crippen molar-refractivity contribution in [2.45, 2.75) is 50.4 Å². The van der Waals surface area contributed by atoms with Crippen LogP contribution in [0.4, 0.5) is 32.8 Å². The lowest BCUT2D eigenvalue weighted by Gasteiger charge is -2.32. The van der Waals surface area contributed by atoms with Gasteiger partial charge in [-0.25, -0.2) is 22.0 Å². The SMILES string of the molecule is C/C(=N\O)C1COc2c(Cl)c(-c3ccc(F)c4sc(N)c(C#N)c34)c(F)c3nc(OC[C@@]45CCCN4C[C@H](F)C5)nc(c23)N1CC(F)F. The first-order valence-electron chi connectivity index (χ1n) is 15.0. The van der Waals surface area contributed by atoms with Gasteiger partial charge in [0.1, 0.15) is 53.6 Å². The van der Waals surface area contributed by atoms with E-state index in [9.17, 15) is 28.0 Å². The standard InChI is InChI=1S/C31H27ClF5N7O3S/c1-13(42-45)18-11-46-26-22-25(24(37)21(23(26)32)15-3-4-17(34)27-20(15)16(8-38)28(39)48-27)40-30(41-29(22)44(18)10-19(35)36)47-12-31-5-2-6-43(31)9-14(33)7-31/h3-4,14,18-19,45H,2,5-7,9-12,39H2,1H3/b42-13+/t14-,18?,31+/m1/s1. The number of hydrogen-bond acceptors (Lipinski definition) is 11. The molecule has 3 aliphatic rings. The van der Waals surface area contributed by atoms with Gasteiger partial charge >= 0.3 is 6.01 Å². The first kappa shape index (κ1) is 32.4. The van der Waals surface area contributed by atoms with Crippen molar-refractivity contribution < 1.29 is 36.6 Å². The van der Waals surface area contributed by atoms with E-state index in [1.165, 1.54) is 13.0 Å². The van der Waals surface area contributed by atoms with Gasteiger partial charge < -0.3 is 25.3 Å². The number of alkyl halides is 3. The summed E-state index contributed by atoms with van der Waals surface area (Å²) in [5.41, 5.74) is 4.59. The highest BCUT2D eigenvalue weighted by Gasteiger charge is 2.49. The van der Waals surface area contributed by atoms with E-state index < -0.39 is 47.9 Å². The number of hydrogen-bond donors (Lipinski definition) is 2. The van der Waals surface area contributed by atoms with Crippen molar-refractivity contribution in [1.82, 2.24) is 14.9 Å². The fourth-order valence-electron chi connectivity index (χ4n) is 7.21. The molecule has 0 bridgehead atoms. The summed E-state index contributed by atoms with van der Waals surface area (Å²) in [5.74, 6) is -2.13. The molecule has 0 radical (unpaired) electrons. The lowest BCUT2D eigenvalue weighted by molar-refractivity contribution is 0.107. The molecule has 3 aliphatic heterocycles. The fourth-order valence-corrected chi connectivity index (χ4v) is 8.49. The van der Waals surface area contributed by atoms with E-state index in [0.717, 1.165) is 28.7 Å². The topological polar surface area (TPSA) is 133 Å². The molecule has 10 nitrogen and oxygen atoms in total. The molecule has 2 saturated heterocycles. The number of thiophene rings is 1. The molecule has 2 aromatic carbocycles. The van der Waals surface area contributed by atoms with Crippen molar-refractivity contribution in [1.29, 1.82) is 5.26 Å². The van der Waals surface area contributed by atoms with Crippen molar-refractivity contribution >= 4 is 60.5 Å². The normalized spacial score (nSPS) is 22.7. The Morgan fingerprint density at radius 3 is 2.85 bits per heavy atom. The molecule has 48 heavy (non-hydrogen) atoms. The Hall–Kier alpha value is -4.20. The van der Waals surface area contributed by atoms with E-state index in [2.05, 4.69) is 15.1 Å². The van der Waals surface area contributed by atoms with Crippen LogP contribution in [0.2, 0.25) is 5.02 Å². The third-order valence-corrected chi connectivity index (χ3v) is 10.8. The van der Waals surface area contributed by atoms with Crippen LogP contribution in [-0.4, -0.2) is 82.8 Å². The summed E-state index contributed by atoms with van der Waals surface area (Å²) in [6.07, 6.45) is -2.28. The third kappa shape index (κ3) is 5.01. The molecule has 1 unspecified atom stereocenters. The molecular formula is C31H27ClF5N7O3S. The average molecular weight is 708 g/mol. The Bertz CT molecular complexity index is 2040. The summed E-state index contributed by atoms with van der Waals surface area (Å²) >= 11 is 7.69. The van der Waals surface area contributed by atoms with Crippen LogP contribution in [-0.2, 0) is 0 Å². The first-order valence-corrected chi connectivity index (χ1v) is 16.2. The molecule has 4 aromatic rings. The Morgan fingerprint density at radius 1 is 1.33 bits per heavy atom. The van der Waals surface area contributed by atoms with Gasteiger partial charge in [-0.3, -0.25) is 4.90 Å². The summed E-state index contributed by atoms with van der Waals surface area (Å²) in [4.78, 5) is 11.9. The first-order chi connectivity index (χ1) is 23.0. The van der Waals surface area contributed by atoms with Crippen molar-refractivity contribution in [2.24, 2.45) is 5.16 Å². The predicted octanol–water partition coefficient (Wildman–Crippen LogP) is 6.53. The quantitative estimate of drug-likeness (QED) is 0.0952. The van der Waals surface area contributed by atoms with Gasteiger partial charge in [0.25, 0.3) is 6.43 Å². The second-order valence-electron chi connectivity index (χ2n) is 12.1. The van der Waals surface area contributed by atoms with Crippen LogP contribution in [0.5, 0.6) is 11.8 Å². The summed E-state index contributed by atoms with van der Waals surface area (Å²) < 4.78 is 86.8. The number of ether oxygens (including phenoxy) is 2. The second kappa shape index (κ2) is 12.0. The maximum atomic E-state index is 17.1. The molecule has 0 saturated carbocycles. The van der Waals surface area contributed by atoms with Crippen LogP contribution >= 0.6 is 22.9 Å². The minimum atomic E-state index is -2.92. The minimum Gasteiger partial charge on any atom is -0.489 e. The molecule has 2 aromatic heterocycles. The number of benzene rings is 2. The molecule has 0 spiro atoms. The number of halogens is 6. The van der Waals surface area contributed by atoms with Crippen molar-refractivity contribution in [3.63, 3.8) is 0 Å². The van der Waals surface area contributed by atoms with E-state index in [1.54, 1.807) is 0 Å². The predicted molar refractivity (Wildman–Crippen MR) is 170 cm³/mol. The minimum absolute atomic E-state index is 0.00245. The van der Waals surface area contributed by atoms with Gasteiger partial charge in [0, 0.05) is 23.9 Å². The largest absolute Gasteiger partial charge is 0.489 e. The number of oxime groups is 1. The van der Waals surface area contributed by atoms with Crippen molar-refractivity contribution in [2.75, 3.05) is 43.5 Å². The lowest BCUT2D eigenvalue weighted by Crippen LogP contribution is -2.46.